The van der Waals surface area contributed by atoms with Gasteiger partial charge in [-0.3, -0.25) is 9.78 Å². The molecular weight excluding hydrogens is 404 g/mol. The van der Waals surface area contributed by atoms with Crippen molar-refractivity contribution in [3.8, 4) is 11.3 Å². The largest absolute Gasteiger partial charge is 0.381 e. The summed E-state index contributed by atoms with van der Waals surface area (Å²) in [5, 5.41) is 9.99. The maximum Gasteiger partial charge on any atom is 0.229 e. The van der Waals surface area contributed by atoms with Crippen molar-refractivity contribution in [1.82, 2.24) is 20.3 Å². The highest BCUT2D eigenvalue weighted by molar-refractivity contribution is 6.33. The van der Waals surface area contributed by atoms with Gasteiger partial charge in [0.2, 0.25) is 5.91 Å². The van der Waals surface area contributed by atoms with Gasteiger partial charge >= 0.3 is 0 Å². The first-order chi connectivity index (χ1) is 14.7. The third-order valence-electron chi connectivity index (χ3n) is 5.60. The van der Waals surface area contributed by atoms with Crippen LogP contribution in [0, 0.1) is 11.8 Å². The Hall–Kier alpha value is -2.29. The molecule has 0 aliphatic carbocycles. The molecule has 0 aromatic carbocycles. The van der Waals surface area contributed by atoms with E-state index in [4.69, 9.17) is 16.3 Å². The number of amides is 1. The van der Waals surface area contributed by atoms with E-state index in [1.54, 1.807) is 18.5 Å². The summed E-state index contributed by atoms with van der Waals surface area (Å²) >= 11 is 6.38. The number of rotatable bonds is 6. The Morgan fingerprint density at radius 3 is 2.87 bits per heavy atom. The molecule has 0 saturated carbocycles. The molecule has 2 saturated heterocycles. The van der Waals surface area contributed by atoms with Crippen LogP contribution in [-0.2, 0) is 9.53 Å². The number of hydrogen-bond donors (Lipinski definition) is 3. The second-order valence-corrected chi connectivity index (χ2v) is 8.22. The van der Waals surface area contributed by atoms with Crippen molar-refractivity contribution >= 4 is 29.1 Å². The molecule has 0 bridgehead atoms. The Bertz CT molecular complexity index is 868. The molecule has 2 aliphatic heterocycles. The molecular formula is C21H27ClN6O2. The minimum Gasteiger partial charge on any atom is -0.381 e. The number of aromatic nitrogens is 3. The van der Waals surface area contributed by atoms with Crippen LogP contribution in [0.15, 0.2) is 24.7 Å². The SMILES string of the molecule is O=C(Nc1cc(-c2cncc(NCC3CCOCC3)n2)c(Cl)cn1)C1CCCNC1. The summed E-state index contributed by atoms with van der Waals surface area (Å²) in [7, 11) is 0. The van der Waals surface area contributed by atoms with E-state index in [2.05, 4.69) is 30.9 Å². The monoisotopic (exact) mass is 430 g/mol. The number of carbonyl (C=O) groups is 1. The average molecular weight is 431 g/mol. The van der Waals surface area contributed by atoms with Crippen LogP contribution in [0.2, 0.25) is 5.02 Å². The minimum absolute atomic E-state index is 0.0269. The molecule has 2 aliphatic rings. The maximum atomic E-state index is 12.5. The fourth-order valence-corrected chi connectivity index (χ4v) is 3.99. The second kappa shape index (κ2) is 10.1. The van der Waals surface area contributed by atoms with Gasteiger partial charge in [0.15, 0.2) is 0 Å². The standard InChI is InChI=1S/C21H27ClN6O2/c22-17-11-26-19(28-21(29)15-2-1-5-23-10-15)8-16(17)18-12-24-13-20(27-18)25-9-14-3-6-30-7-4-14/h8,11-15,23H,1-7,9-10H2,(H,25,27)(H,26,28,29). The third kappa shape index (κ3) is 5.44. The quantitative estimate of drug-likeness (QED) is 0.647. The Kier molecular flexibility index (Phi) is 7.09. The van der Waals surface area contributed by atoms with E-state index < -0.39 is 0 Å². The van der Waals surface area contributed by atoms with Crippen LogP contribution in [0.4, 0.5) is 11.6 Å². The van der Waals surface area contributed by atoms with Crippen LogP contribution in [0.5, 0.6) is 0 Å². The van der Waals surface area contributed by atoms with Gasteiger partial charge in [0.25, 0.3) is 0 Å². The molecule has 4 heterocycles. The van der Waals surface area contributed by atoms with Crippen LogP contribution < -0.4 is 16.0 Å². The number of halogens is 1. The first-order valence-electron chi connectivity index (χ1n) is 10.5. The lowest BCUT2D eigenvalue weighted by atomic mass is 9.99. The van der Waals surface area contributed by atoms with Crippen molar-refractivity contribution in [2.75, 3.05) is 43.5 Å². The number of ether oxygens (including phenoxy) is 1. The highest BCUT2D eigenvalue weighted by Crippen LogP contribution is 2.28. The summed E-state index contributed by atoms with van der Waals surface area (Å²) in [4.78, 5) is 25.7. The molecule has 2 aromatic rings. The van der Waals surface area contributed by atoms with Crippen molar-refractivity contribution in [1.29, 1.82) is 0 Å². The molecule has 3 N–H and O–H groups in total. The summed E-state index contributed by atoms with van der Waals surface area (Å²) in [5.41, 5.74) is 1.32. The molecule has 1 unspecified atom stereocenters. The minimum atomic E-state index is -0.0443. The Morgan fingerprint density at radius 2 is 2.07 bits per heavy atom. The summed E-state index contributed by atoms with van der Waals surface area (Å²) < 4.78 is 5.41. The summed E-state index contributed by atoms with van der Waals surface area (Å²) in [6.45, 7) is 4.12. The lowest BCUT2D eigenvalue weighted by Gasteiger charge is -2.22. The molecule has 2 aromatic heterocycles. The topological polar surface area (TPSA) is 101 Å². The smallest absolute Gasteiger partial charge is 0.229 e. The summed E-state index contributed by atoms with van der Waals surface area (Å²) in [5.74, 6) is 1.67. The zero-order valence-electron chi connectivity index (χ0n) is 16.9. The van der Waals surface area contributed by atoms with Gasteiger partial charge in [-0.2, -0.15) is 0 Å². The Balaban J connectivity index is 1.45. The van der Waals surface area contributed by atoms with E-state index in [0.29, 0.717) is 40.4 Å². The van der Waals surface area contributed by atoms with E-state index in [-0.39, 0.29) is 11.8 Å². The zero-order valence-corrected chi connectivity index (χ0v) is 17.6. The van der Waals surface area contributed by atoms with Crippen molar-refractivity contribution in [2.24, 2.45) is 11.8 Å². The molecule has 0 spiro atoms. The number of nitrogens with zero attached hydrogens (tertiary/aromatic N) is 3. The lowest BCUT2D eigenvalue weighted by Crippen LogP contribution is -2.37. The normalized spacial score (nSPS) is 20.0. The van der Waals surface area contributed by atoms with Gasteiger partial charge in [-0.25, -0.2) is 9.97 Å². The van der Waals surface area contributed by atoms with Crippen LogP contribution >= 0.6 is 11.6 Å². The molecule has 8 nitrogen and oxygen atoms in total. The van der Waals surface area contributed by atoms with Crippen molar-refractivity contribution in [3.05, 3.63) is 29.7 Å². The predicted octanol–water partition coefficient (Wildman–Crippen LogP) is 2.97. The van der Waals surface area contributed by atoms with Crippen molar-refractivity contribution in [2.45, 2.75) is 25.7 Å². The second-order valence-electron chi connectivity index (χ2n) is 7.81. The molecule has 1 amide bonds. The molecule has 160 valence electrons. The summed E-state index contributed by atoms with van der Waals surface area (Å²) in [6, 6.07) is 1.75. The number of nitrogens with one attached hydrogen (secondary N) is 3. The van der Waals surface area contributed by atoms with Gasteiger partial charge < -0.3 is 20.7 Å². The van der Waals surface area contributed by atoms with Gasteiger partial charge in [-0.05, 0) is 44.2 Å². The van der Waals surface area contributed by atoms with E-state index in [9.17, 15) is 4.79 Å². The fourth-order valence-electron chi connectivity index (χ4n) is 3.79. The van der Waals surface area contributed by atoms with Crippen LogP contribution in [0.1, 0.15) is 25.7 Å². The van der Waals surface area contributed by atoms with E-state index in [1.165, 1.54) is 6.20 Å². The summed E-state index contributed by atoms with van der Waals surface area (Å²) in [6.07, 6.45) is 8.89. The predicted molar refractivity (Wildman–Crippen MR) is 117 cm³/mol. The molecule has 1 atom stereocenters. The van der Waals surface area contributed by atoms with E-state index >= 15 is 0 Å². The number of pyridine rings is 1. The highest BCUT2D eigenvalue weighted by Gasteiger charge is 2.21. The van der Waals surface area contributed by atoms with Gasteiger partial charge in [0.05, 0.1) is 29.0 Å². The number of piperidine rings is 1. The Labute approximate surface area is 181 Å². The van der Waals surface area contributed by atoms with E-state index in [1.807, 2.05) is 0 Å². The average Bonchev–Trinajstić information content (AvgIpc) is 2.80. The van der Waals surface area contributed by atoms with Gasteiger partial charge in [0.1, 0.15) is 11.6 Å². The van der Waals surface area contributed by atoms with Crippen molar-refractivity contribution in [3.63, 3.8) is 0 Å². The number of anilines is 2. The first kappa shape index (κ1) is 21.0. The lowest BCUT2D eigenvalue weighted by molar-refractivity contribution is -0.120. The van der Waals surface area contributed by atoms with E-state index in [0.717, 1.165) is 52.0 Å². The molecule has 30 heavy (non-hydrogen) atoms. The third-order valence-corrected chi connectivity index (χ3v) is 5.90. The first-order valence-corrected chi connectivity index (χ1v) is 10.9. The maximum absolute atomic E-state index is 12.5. The Morgan fingerprint density at radius 1 is 1.20 bits per heavy atom. The van der Waals surface area contributed by atoms with Crippen LogP contribution in [0.3, 0.4) is 0 Å². The molecule has 9 heteroatoms. The van der Waals surface area contributed by atoms with Crippen LogP contribution in [-0.4, -0.2) is 53.7 Å². The number of hydrogen-bond acceptors (Lipinski definition) is 7. The molecule has 0 radical (unpaired) electrons. The number of carbonyl (C=O) groups excluding carboxylic acids is 1. The van der Waals surface area contributed by atoms with Gasteiger partial charge in [-0.1, -0.05) is 11.6 Å². The van der Waals surface area contributed by atoms with Crippen molar-refractivity contribution < 1.29 is 9.53 Å². The van der Waals surface area contributed by atoms with Gasteiger partial charge in [0, 0.05) is 38.1 Å². The zero-order chi connectivity index (χ0) is 20.8. The highest BCUT2D eigenvalue weighted by atomic mass is 35.5. The molecule has 4 rings (SSSR count). The van der Waals surface area contributed by atoms with Gasteiger partial charge in [-0.15, -0.1) is 0 Å². The van der Waals surface area contributed by atoms with Crippen LogP contribution in [0.25, 0.3) is 11.3 Å². The fraction of sp³-hybridized carbons (Fsp3) is 0.524. The molecule has 2 fully saturated rings.